The summed E-state index contributed by atoms with van der Waals surface area (Å²) in [5.41, 5.74) is 5.63. The Labute approximate surface area is 68.2 Å². The van der Waals surface area contributed by atoms with E-state index in [1.54, 1.807) is 0 Å². The molecule has 10 heavy (non-hydrogen) atoms. The number of phenolic OH excluding ortho intramolecular Hbond substituents is 1. The zero-order chi connectivity index (χ0) is 7.72. The first-order chi connectivity index (χ1) is 4.61. The van der Waals surface area contributed by atoms with Crippen molar-refractivity contribution < 1.29 is 5.11 Å². The highest BCUT2D eigenvalue weighted by Gasteiger charge is 2.02. The van der Waals surface area contributed by atoms with Crippen LogP contribution in [0.1, 0.15) is 0 Å². The summed E-state index contributed by atoms with van der Waals surface area (Å²) in [5, 5.41) is 9.44. The molecular formula is C6H5Cl2NO. The largest absolute Gasteiger partial charge is 0.508 e. The molecule has 0 radical (unpaired) electrons. The molecule has 1 rings (SSSR count). The highest BCUT2D eigenvalue weighted by Crippen LogP contribution is 2.31. The van der Waals surface area contributed by atoms with Crippen LogP contribution in [-0.2, 0) is 0 Å². The van der Waals surface area contributed by atoms with Crippen molar-refractivity contribution in [3.05, 3.63) is 22.2 Å². The Kier molecular flexibility index (Phi) is 1.92. The number of hydrogen-bond donors (Lipinski definition) is 2. The van der Waals surface area contributed by atoms with Gasteiger partial charge in [-0.1, -0.05) is 23.2 Å². The Morgan fingerprint density at radius 1 is 1.30 bits per heavy atom. The van der Waals surface area contributed by atoms with Gasteiger partial charge in [-0.2, -0.15) is 0 Å². The molecule has 0 aromatic heterocycles. The molecule has 0 aliphatic carbocycles. The number of nitrogen functional groups attached to an aromatic ring is 1. The van der Waals surface area contributed by atoms with Crippen LogP contribution in [0.25, 0.3) is 0 Å². The average Bonchev–Trinajstić information content (AvgIpc) is 1.82. The van der Waals surface area contributed by atoms with E-state index in [0.717, 1.165) is 0 Å². The van der Waals surface area contributed by atoms with E-state index in [4.69, 9.17) is 34.0 Å². The minimum absolute atomic E-state index is 0.0203. The van der Waals surface area contributed by atoms with Crippen molar-refractivity contribution in [3.63, 3.8) is 0 Å². The second kappa shape index (κ2) is 2.56. The van der Waals surface area contributed by atoms with Gasteiger partial charge in [-0.25, -0.2) is 0 Å². The standard InChI is InChI=1S/C6H5Cl2NO/c7-4-1-3(10)2-5(9)6(4)8/h1-2,10H,9H2. The molecule has 0 unspecified atom stereocenters. The van der Waals surface area contributed by atoms with E-state index in [2.05, 4.69) is 0 Å². The third-order valence-electron chi connectivity index (χ3n) is 1.04. The van der Waals surface area contributed by atoms with Gasteiger partial charge in [0.25, 0.3) is 0 Å². The van der Waals surface area contributed by atoms with Crippen molar-refractivity contribution in [2.24, 2.45) is 0 Å². The molecule has 1 aromatic rings. The number of anilines is 1. The SMILES string of the molecule is Nc1cc(O)cc(Cl)c1Cl. The molecule has 0 amide bonds. The molecule has 0 saturated heterocycles. The van der Waals surface area contributed by atoms with Gasteiger partial charge in [0.05, 0.1) is 15.7 Å². The van der Waals surface area contributed by atoms with Crippen LogP contribution in [0.5, 0.6) is 5.75 Å². The molecule has 0 bridgehead atoms. The minimum atomic E-state index is 0.0203. The molecule has 4 heteroatoms. The second-order valence-electron chi connectivity index (χ2n) is 1.83. The van der Waals surface area contributed by atoms with Gasteiger partial charge in [0.1, 0.15) is 5.75 Å². The van der Waals surface area contributed by atoms with E-state index in [9.17, 15) is 0 Å². The molecule has 0 atom stereocenters. The van der Waals surface area contributed by atoms with E-state index in [-0.39, 0.29) is 21.5 Å². The molecule has 54 valence electrons. The van der Waals surface area contributed by atoms with Crippen LogP contribution >= 0.6 is 23.2 Å². The Balaban J connectivity index is 3.31. The van der Waals surface area contributed by atoms with E-state index in [1.165, 1.54) is 12.1 Å². The van der Waals surface area contributed by atoms with E-state index in [1.807, 2.05) is 0 Å². The molecule has 0 spiro atoms. The first-order valence-electron chi connectivity index (χ1n) is 2.54. The molecule has 3 N–H and O–H groups in total. The zero-order valence-electron chi connectivity index (χ0n) is 4.94. The molecule has 0 heterocycles. The van der Waals surface area contributed by atoms with Gasteiger partial charge in [0.2, 0.25) is 0 Å². The van der Waals surface area contributed by atoms with Crippen LogP contribution in [0.2, 0.25) is 10.0 Å². The topological polar surface area (TPSA) is 46.2 Å². The molecular weight excluding hydrogens is 173 g/mol. The summed E-state index contributed by atoms with van der Waals surface area (Å²) in [6.07, 6.45) is 0. The third-order valence-corrected chi connectivity index (χ3v) is 1.86. The number of rotatable bonds is 0. The maximum atomic E-state index is 8.90. The highest BCUT2D eigenvalue weighted by atomic mass is 35.5. The molecule has 0 aliphatic heterocycles. The summed E-state index contributed by atoms with van der Waals surface area (Å²) >= 11 is 11.1. The number of halogens is 2. The smallest absolute Gasteiger partial charge is 0.119 e. The fourth-order valence-electron chi connectivity index (χ4n) is 0.595. The van der Waals surface area contributed by atoms with Crippen molar-refractivity contribution >= 4 is 28.9 Å². The number of hydrogen-bond acceptors (Lipinski definition) is 2. The van der Waals surface area contributed by atoms with Crippen molar-refractivity contribution in [1.82, 2.24) is 0 Å². The van der Waals surface area contributed by atoms with E-state index in [0.29, 0.717) is 0 Å². The van der Waals surface area contributed by atoms with Crippen LogP contribution in [0.15, 0.2) is 12.1 Å². The maximum Gasteiger partial charge on any atom is 0.119 e. The lowest BCUT2D eigenvalue weighted by molar-refractivity contribution is 0.475. The lowest BCUT2D eigenvalue weighted by Gasteiger charge is -1.99. The number of nitrogens with two attached hydrogens (primary N) is 1. The summed E-state index contributed by atoms with van der Waals surface area (Å²) in [7, 11) is 0. The normalized spacial score (nSPS) is 9.80. The number of phenols is 1. The predicted octanol–water partition coefficient (Wildman–Crippen LogP) is 2.28. The van der Waals surface area contributed by atoms with Gasteiger partial charge < -0.3 is 10.8 Å². The van der Waals surface area contributed by atoms with Gasteiger partial charge in [-0.3, -0.25) is 0 Å². The summed E-state index contributed by atoms with van der Waals surface area (Å²) < 4.78 is 0. The van der Waals surface area contributed by atoms with Crippen molar-refractivity contribution in [1.29, 1.82) is 0 Å². The van der Waals surface area contributed by atoms with Crippen LogP contribution in [0.3, 0.4) is 0 Å². The molecule has 0 aliphatic rings. The summed E-state index contributed by atoms with van der Waals surface area (Å²) in [6.45, 7) is 0. The maximum absolute atomic E-state index is 8.90. The van der Waals surface area contributed by atoms with Crippen LogP contribution in [-0.4, -0.2) is 5.11 Å². The van der Waals surface area contributed by atoms with Crippen molar-refractivity contribution in [2.75, 3.05) is 5.73 Å². The van der Waals surface area contributed by atoms with Crippen LogP contribution in [0, 0.1) is 0 Å². The van der Waals surface area contributed by atoms with Crippen molar-refractivity contribution in [2.45, 2.75) is 0 Å². The summed E-state index contributed by atoms with van der Waals surface area (Å²) in [4.78, 5) is 0. The van der Waals surface area contributed by atoms with Crippen LogP contribution < -0.4 is 5.73 Å². The van der Waals surface area contributed by atoms with Crippen LogP contribution in [0.4, 0.5) is 5.69 Å². The molecule has 2 nitrogen and oxygen atoms in total. The minimum Gasteiger partial charge on any atom is -0.508 e. The second-order valence-corrected chi connectivity index (χ2v) is 2.62. The van der Waals surface area contributed by atoms with Gasteiger partial charge in [-0.15, -0.1) is 0 Å². The van der Waals surface area contributed by atoms with Gasteiger partial charge in [0, 0.05) is 12.1 Å². The van der Waals surface area contributed by atoms with E-state index >= 15 is 0 Å². The highest BCUT2D eigenvalue weighted by molar-refractivity contribution is 6.43. The predicted molar refractivity (Wildman–Crippen MR) is 42.5 cm³/mol. The van der Waals surface area contributed by atoms with Gasteiger partial charge in [-0.05, 0) is 0 Å². The lowest BCUT2D eigenvalue weighted by Crippen LogP contribution is -1.85. The first-order valence-corrected chi connectivity index (χ1v) is 3.30. The average molecular weight is 178 g/mol. The monoisotopic (exact) mass is 177 g/mol. The van der Waals surface area contributed by atoms with Crippen molar-refractivity contribution in [3.8, 4) is 5.75 Å². The van der Waals surface area contributed by atoms with E-state index < -0.39 is 0 Å². The zero-order valence-corrected chi connectivity index (χ0v) is 6.45. The summed E-state index contributed by atoms with van der Waals surface area (Å²) in [6, 6.07) is 2.68. The number of aromatic hydroxyl groups is 1. The fourth-order valence-corrected chi connectivity index (χ4v) is 0.925. The Bertz CT molecular complexity index is 239. The number of benzene rings is 1. The van der Waals surface area contributed by atoms with Gasteiger partial charge >= 0.3 is 0 Å². The third kappa shape index (κ3) is 1.28. The summed E-state index contributed by atoms with van der Waals surface area (Å²) in [5.74, 6) is 0.0203. The molecule has 0 fully saturated rings. The Morgan fingerprint density at radius 2 is 1.90 bits per heavy atom. The Hall–Kier alpha value is -0.600. The van der Waals surface area contributed by atoms with Gasteiger partial charge in [0.15, 0.2) is 0 Å². The quantitative estimate of drug-likeness (QED) is 0.598. The Morgan fingerprint density at radius 3 is 2.40 bits per heavy atom. The molecule has 0 saturated carbocycles. The molecule has 1 aromatic carbocycles. The first kappa shape index (κ1) is 7.51. The fraction of sp³-hybridized carbons (Fsp3) is 0. The lowest BCUT2D eigenvalue weighted by atomic mass is 10.3.